The van der Waals surface area contributed by atoms with E-state index >= 15 is 0 Å². The van der Waals surface area contributed by atoms with Crippen molar-refractivity contribution < 1.29 is 16.0 Å². The van der Waals surface area contributed by atoms with Crippen LogP contribution < -0.4 is 0 Å². The van der Waals surface area contributed by atoms with Gasteiger partial charge in [0.25, 0.3) is 0 Å². The molecule has 0 aliphatic carbocycles. The van der Waals surface area contributed by atoms with Crippen molar-refractivity contribution in [1.82, 2.24) is 0 Å². The van der Waals surface area contributed by atoms with Crippen molar-refractivity contribution in [2.75, 3.05) is 13.7 Å². The van der Waals surface area contributed by atoms with Crippen molar-refractivity contribution in [1.29, 1.82) is 0 Å². The number of aliphatic hydroxyl groups excluding tert-OH is 1. The van der Waals surface area contributed by atoms with Gasteiger partial charge in [-0.1, -0.05) is 0 Å². The molecular weight excluding hydrogens is 120 g/mol. The van der Waals surface area contributed by atoms with Gasteiger partial charge in [0.05, 0.1) is 14.1 Å². The highest BCUT2D eigenvalue weighted by Crippen LogP contribution is 2.18. The Kier molecular flexibility index (Phi) is 1.98. The van der Waals surface area contributed by atoms with Gasteiger partial charge in [0.1, 0.15) is 0 Å². The number of methoxy groups -OCH3 is 1. The molecule has 2 atom stereocenters. The number of aliphatic hydroxyl groups is 1. The largest absolute Gasteiger partial charge is 0.394 e. The van der Waals surface area contributed by atoms with Crippen LogP contribution in [0.2, 0.25) is 0 Å². The van der Waals surface area contributed by atoms with Crippen LogP contribution in [0.15, 0.2) is 0 Å². The number of ether oxygens (including phenoxy) is 2. The molecule has 1 rings (SSSR count). The minimum Gasteiger partial charge on any atom is -0.394 e. The molecule has 1 aliphatic rings. The summed E-state index contributed by atoms with van der Waals surface area (Å²) in [5.74, 6) is 0. The van der Waals surface area contributed by atoms with Gasteiger partial charge in [0.2, 0.25) is 0 Å². The van der Waals surface area contributed by atoms with Crippen LogP contribution in [0, 0.1) is 0 Å². The Bertz CT molecular complexity index is 99.0. The lowest BCUT2D eigenvalue weighted by Crippen LogP contribution is -2.15. The van der Waals surface area contributed by atoms with Crippen molar-refractivity contribution in [3.8, 4) is 0 Å². The van der Waals surface area contributed by atoms with Gasteiger partial charge in [-0.25, -0.2) is 0 Å². The number of rotatable bonds is 2. The summed E-state index contributed by atoms with van der Waals surface area (Å²) in [5, 5.41) is 8.62. The monoisotopic (exact) mass is 133 g/mol. The zero-order valence-corrected chi connectivity index (χ0v) is 5.25. The topological polar surface area (TPSA) is 38.7 Å². The summed E-state index contributed by atoms with van der Waals surface area (Å²) in [7, 11) is -0.0667. The molecule has 1 unspecified atom stereocenters. The van der Waals surface area contributed by atoms with E-state index in [4.69, 9.17) is 16.0 Å². The van der Waals surface area contributed by atoms with Crippen LogP contribution in [0.25, 0.3) is 0 Å². The summed E-state index contributed by atoms with van der Waals surface area (Å²) in [4.78, 5) is 0. The van der Waals surface area contributed by atoms with Gasteiger partial charge >= 0.3 is 0 Å². The predicted molar refractivity (Wildman–Crippen MR) is 32.0 cm³/mol. The van der Waals surface area contributed by atoms with Crippen LogP contribution >= 0.6 is 0 Å². The van der Waals surface area contributed by atoms with Gasteiger partial charge in [0.15, 0.2) is 6.29 Å². The van der Waals surface area contributed by atoms with Crippen molar-refractivity contribution >= 4 is 0 Å². The Balaban J connectivity index is 2.15. The number of hydrogen-bond acceptors (Lipinski definition) is 3. The van der Waals surface area contributed by atoms with E-state index in [-0.39, 0.29) is 26.1 Å². The minimum absolute atomic E-state index is 0.0534. The van der Waals surface area contributed by atoms with E-state index in [1.54, 1.807) is 0 Å². The first-order valence-electron chi connectivity index (χ1n) is 3.74. The average Bonchev–Trinajstić information content (AvgIpc) is 2.37. The lowest BCUT2D eigenvalue weighted by molar-refractivity contribution is -0.122. The minimum atomic E-state index is -0.255. The molecule has 3 heteroatoms. The fourth-order valence-corrected chi connectivity index (χ4v) is 0.930. The summed E-state index contributed by atoms with van der Waals surface area (Å²) in [6.07, 6.45) is 1.30. The zero-order chi connectivity index (χ0) is 7.40. The van der Waals surface area contributed by atoms with Gasteiger partial charge in [-0.2, -0.15) is 0 Å². The molecule has 1 aliphatic heterocycles. The van der Waals surface area contributed by atoms with E-state index in [1.165, 1.54) is 0 Å². The van der Waals surface area contributed by atoms with Crippen LogP contribution in [0.4, 0.5) is 0 Å². The summed E-state index contributed by atoms with van der Waals surface area (Å²) < 4.78 is 16.8. The van der Waals surface area contributed by atoms with Crippen molar-refractivity contribution in [3.63, 3.8) is 0 Å². The van der Waals surface area contributed by atoms with Gasteiger partial charge < -0.3 is 14.6 Å². The van der Waals surface area contributed by atoms with Gasteiger partial charge in [0, 0.05) is 13.5 Å². The third kappa shape index (κ3) is 1.64. The molecule has 0 radical (unpaired) electrons. The number of hydrogen-bond donors (Lipinski definition) is 1. The van der Waals surface area contributed by atoms with Crippen LogP contribution in [0.5, 0.6) is 0 Å². The molecule has 0 spiro atoms. The molecule has 0 saturated carbocycles. The van der Waals surface area contributed by atoms with Crippen LogP contribution in [0.1, 0.15) is 14.2 Å². The Morgan fingerprint density at radius 2 is 2.78 bits per heavy atom. The second kappa shape index (κ2) is 3.15. The molecule has 1 fully saturated rings. The van der Waals surface area contributed by atoms with Crippen molar-refractivity contribution in [2.24, 2.45) is 0 Å². The summed E-state index contributed by atoms with van der Waals surface area (Å²) >= 11 is 0. The SMILES string of the molecule is [2H]COC1CC[C@@H](CO)O1. The first-order valence-corrected chi connectivity index (χ1v) is 3.04. The maximum Gasteiger partial charge on any atom is 0.157 e. The van der Waals surface area contributed by atoms with Crippen LogP contribution in [-0.2, 0) is 9.47 Å². The molecule has 0 aromatic rings. The normalized spacial score (nSPS) is 36.8. The van der Waals surface area contributed by atoms with E-state index < -0.39 is 0 Å². The maximum absolute atomic E-state index is 8.62. The second-order valence-corrected chi connectivity index (χ2v) is 2.11. The van der Waals surface area contributed by atoms with E-state index in [0.29, 0.717) is 0 Å². The molecule has 1 saturated heterocycles. The van der Waals surface area contributed by atoms with Crippen molar-refractivity contribution in [2.45, 2.75) is 25.2 Å². The van der Waals surface area contributed by atoms with Gasteiger partial charge in [-0.15, -0.1) is 0 Å². The average molecular weight is 133 g/mol. The smallest absolute Gasteiger partial charge is 0.157 e. The fraction of sp³-hybridized carbons (Fsp3) is 1.00. The Hall–Kier alpha value is -0.120. The Morgan fingerprint density at radius 3 is 3.33 bits per heavy atom. The first kappa shape index (κ1) is 5.65. The fourth-order valence-electron chi connectivity index (χ4n) is 0.930. The Morgan fingerprint density at radius 1 is 1.89 bits per heavy atom. The molecule has 54 valence electrons. The maximum atomic E-state index is 8.62. The molecule has 0 aromatic heterocycles. The standard InChI is InChI=1S/C6H12O3/c1-8-6-3-2-5(4-7)9-6/h5-7H,2-4H2,1H3/t5-,6?/m0/s1/i1D. The molecule has 1 heterocycles. The summed E-state index contributed by atoms with van der Waals surface area (Å²) in [6.45, 7) is 0.0534. The lowest BCUT2D eigenvalue weighted by Gasteiger charge is -2.08. The van der Waals surface area contributed by atoms with Gasteiger partial charge in [-0.05, 0) is 6.42 Å². The highest BCUT2D eigenvalue weighted by molar-refractivity contribution is 4.65. The molecule has 0 aromatic carbocycles. The highest BCUT2D eigenvalue weighted by atomic mass is 16.7. The van der Waals surface area contributed by atoms with E-state index in [0.717, 1.165) is 12.8 Å². The molecular formula is C6H12O3. The van der Waals surface area contributed by atoms with Crippen LogP contribution in [0.3, 0.4) is 0 Å². The summed E-state index contributed by atoms with van der Waals surface area (Å²) in [5.41, 5.74) is 0. The van der Waals surface area contributed by atoms with Crippen LogP contribution in [-0.4, -0.2) is 31.2 Å². The molecule has 0 amide bonds. The lowest BCUT2D eigenvalue weighted by atomic mass is 10.2. The van der Waals surface area contributed by atoms with Gasteiger partial charge in [-0.3, -0.25) is 0 Å². The first-order chi connectivity index (χ1) is 4.86. The third-order valence-corrected chi connectivity index (χ3v) is 1.46. The van der Waals surface area contributed by atoms with E-state index in [9.17, 15) is 0 Å². The third-order valence-electron chi connectivity index (χ3n) is 1.46. The quantitative estimate of drug-likeness (QED) is 0.582. The van der Waals surface area contributed by atoms with E-state index in [2.05, 4.69) is 0 Å². The summed E-state index contributed by atoms with van der Waals surface area (Å²) in [6, 6.07) is 0. The highest BCUT2D eigenvalue weighted by Gasteiger charge is 2.23. The second-order valence-electron chi connectivity index (χ2n) is 2.11. The molecule has 0 bridgehead atoms. The molecule has 9 heavy (non-hydrogen) atoms. The molecule has 3 nitrogen and oxygen atoms in total. The van der Waals surface area contributed by atoms with Crippen molar-refractivity contribution in [3.05, 3.63) is 0 Å². The zero-order valence-electron chi connectivity index (χ0n) is 6.25. The Labute approximate surface area is 56.0 Å². The van der Waals surface area contributed by atoms with E-state index in [1.807, 2.05) is 0 Å². The predicted octanol–water partition coefficient (Wildman–Crippen LogP) is 0.130. The molecule has 1 N–H and O–H groups in total.